The van der Waals surface area contributed by atoms with E-state index in [1.165, 1.54) is 6.26 Å². The minimum absolute atomic E-state index is 0.260. The van der Waals surface area contributed by atoms with Gasteiger partial charge in [0.1, 0.15) is 18.6 Å². The van der Waals surface area contributed by atoms with Gasteiger partial charge in [0.15, 0.2) is 0 Å². The zero-order chi connectivity index (χ0) is 30.2. The number of nitrogens with zero attached hydrogens (tertiary/aromatic N) is 4. The number of hydrogen-bond acceptors (Lipinski definition) is 8. The van der Waals surface area contributed by atoms with E-state index >= 15 is 0 Å². The molecule has 5 rings (SSSR count). The molecule has 1 fully saturated rings. The Morgan fingerprint density at radius 3 is 2.42 bits per heavy atom. The molecule has 3 aromatic carbocycles. The van der Waals surface area contributed by atoms with Gasteiger partial charge in [0.25, 0.3) is 0 Å². The van der Waals surface area contributed by atoms with E-state index in [0.29, 0.717) is 44.4 Å². The van der Waals surface area contributed by atoms with Crippen molar-refractivity contribution >= 4 is 22.9 Å². The number of hydrogen-bond donors (Lipinski definition) is 1. The van der Waals surface area contributed by atoms with Crippen LogP contribution in [0.4, 0.5) is 5.69 Å². The maximum atomic E-state index is 11.8. The lowest BCUT2D eigenvalue weighted by Gasteiger charge is -2.44. The lowest BCUT2D eigenvalue weighted by Crippen LogP contribution is -2.57. The largest absolute Gasteiger partial charge is 0.759 e. The molecule has 222 valence electrons. The third-order valence-electron chi connectivity index (χ3n) is 7.00. The molecule has 2 atom stereocenters. The van der Waals surface area contributed by atoms with E-state index in [2.05, 4.69) is 21.7 Å². The third kappa shape index (κ3) is 7.88. The third-order valence-corrected chi connectivity index (χ3v) is 7.90. The molecule has 1 aliphatic rings. The number of rotatable bonds is 10. The summed E-state index contributed by atoms with van der Waals surface area (Å²) in [5.41, 5.74) is 4.43. The van der Waals surface area contributed by atoms with Crippen LogP contribution in [-0.2, 0) is 22.7 Å². The van der Waals surface area contributed by atoms with Gasteiger partial charge in [0.2, 0.25) is 5.89 Å². The Bertz CT molecular complexity index is 1590. The van der Waals surface area contributed by atoms with Crippen LogP contribution in [0.25, 0.3) is 11.5 Å². The van der Waals surface area contributed by atoms with Gasteiger partial charge in [-0.1, -0.05) is 42.2 Å². The van der Waals surface area contributed by atoms with Gasteiger partial charge in [0.05, 0.1) is 18.2 Å². The van der Waals surface area contributed by atoms with Crippen molar-refractivity contribution in [1.82, 2.24) is 14.4 Å². The normalized spacial score (nSPS) is 15.0. The Hall–Kier alpha value is -4.47. The summed E-state index contributed by atoms with van der Waals surface area (Å²) in [4.78, 5) is 17.5. The summed E-state index contributed by atoms with van der Waals surface area (Å²) in [6, 6.07) is 22.8. The Morgan fingerprint density at radius 1 is 1.07 bits per heavy atom. The quantitative estimate of drug-likeness (QED) is 0.210. The second kappa shape index (κ2) is 14.1. The number of oxazole rings is 1. The molecule has 1 aliphatic heterocycles. The van der Waals surface area contributed by atoms with Crippen LogP contribution in [-0.4, -0.2) is 66.5 Å². The topological polar surface area (TPSA) is 122 Å². The first-order chi connectivity index (χ1) is 20.9. The fourth-order valence-corrected chi connectivity index (χ4v) is 5.61. The summed E-state index contributed by atoms with van der Waals surface area (Å²) < 4.78 is 36.4. The van der Waals surface area contributed by atoms with Gasteiger partial charge >= 0.3 is 5.97 Å². The van der Waals surface area contributed by atoms with Gasteiger partial charge in [0, 0.05) is 60.3 Å². The Balaban J connectivity index is 1.24. The van der Waals surface area contributed by atoms with Crippen LogP contribution in [0.2, 0.25) is 0 Å². The molecule has 0 amide bonds. The maximum absolute atomic E-state index is 11.8. The van der Waals surface area contributed by atoms with E-state index in [1.807, 2.05) is 72.8 Å². The SMILES string of the molecule is CC(CC(=O)O)N(N1CCN(c2ccc(C#Cc3ccc(-c4ncco4)c(OCc4ccccc4)c3)cc2)CC1)S(=O)[O-]. The van der Waals surface area contributed by atoms with Crippen molar-refractivity contribution in [3.8, 4) is 29.0 Å². The lowest BCUT2D eigenvalue weighted by atomic mass is 10.1. The molecule has 11 heteroatoms. The lowest BCUT2D eigenvalue weighted by molar-refractivity contribution is -0.139. The molecule has 2 unspecified atom stereocenters. The molecular weight excluding hydrogens is 568 g/mol. The minimum Gasteiger partial charge on any atom is -0.759 e. The number of anilines is 1. The number of carboxylic acid groups (broad SMARTS) is 1. The molecule has 43 heavy (non-hydrogen) atoms. The van der Waals surface area contributed by atoms with Gasteiger partial charge in [-0.2, -0.15) is 4.41 Å². The average molecular weight is 600 g/mol. The van der Waals surface area contributed by atoms with Crippen molar-refractivity contribution in [2.24, 2.45) is 0 Å². The van der Waals surface area contributed by atoms with Crippen molar-refractivity contribution in [1.29, 1.82) is 0 Å². The summed E-state index contributed by atoms with van der Waals surface area (Å²) in [5, 5.41) is 10.8. The molecular formula is C32H31N4O6S-. The zero-order valence-electron chi connectivity index (χ0n) is 23.6. The summed E-state index contributed by atoms with van der Waals surface area (Å²) in [7, 11) is 0. The molecule has 0 radical (unpaired) electrons. The number of carbonyl (C=O) groups is 1. The van der Waals surface area contributed by atoms with Crippen molar-refractivity contribution < 1.29 is 27.8 Å². The van der Waals surface area contributed by atoms with E-state index in [0.717, 1.165) is 32.4 Å². The average Bonchev–Trinajstić information content (AvgIpc) is 3.55. The first kappa shape index (κ1) is 30.0. The second-order valence-electron chi connectivity index (χ2n) is 10.0. The first-order valence-electron chi connectivity index (χ1n) is 13.8. The first-order valence-corrected chi connectivity index (χ1v) is 14.8. The van der Waals surface area contributed by atoms with Crippen molar-refractivity contribution in [3.05, 3.63) is 102 Å². The number of benzene rings is 3. The van der Waals surface area contributed by atoms with Crippen molar-refractivity contribution in [2.45, 2.75) is 26.0 Å². The van der Waals surface area contributed by atoms with Crippen LogP contribution in [0.3, 0.4) is 0 Å². The van der Waals surface area contributed by atoms with Crippen LogP contribution in [0.5, 0.6) is 5.75 Å². The van der Waals surface area contributed by atoms with E-state index in [-0.39, 0.29) is 6.42 Å². The summed E-state index contributed by atoms with van der Waals surface area (Å²) in [5.74, 6) is 6.50. The molecule has 1 saturated heterocycles. The summed E-state index contributed by atoms with van der Waals surface area (Å²) in [6.07, 6.45) is 2.87. The Morgan fingerprint density at radius 2 is 1.77 bits per heavy atom. The summed E-state index contributed by atoms with van der Waals surface area (Å²) in [6.45, 7) is 4.10. The fraction of sp³-hybridized carbons (Fsp3) is 0.250. The molecule has 0 saturated carbocycles. The standard InChI is InChI=1S/C32H32N4O6S/c1-24(21-31(37)38)36(43(39)40)35-18-16-34(17-19-35)28-12-9-25(10-13-28)7-8-26-11-14-29(32-33-15-20-41-32)30(22-26)42-23-27-5-3-2-4-6-27/h2-6,9-15,20,22,24H,16-19,21,23H2,1H3,(H,37,38)(H,39,40)/p-1. The Labute approximate surface area is 252 Å². The molecule has 10 nitrogen and oxygen atoms in total. The van der Waals surface area contributed by atoms with Crippen molar-refractivity contribution in [3.63, 3.8) is 0 Å². The maximum Gasteiger partial charge on any atom is 0.305 e. The number of hydrazine groups is 1. The summed E-state index contributed by atoms with van der Waals surface area (Å²) >= 11 is -2.55. The molecule has 0 aliphatic carbocycles. The van der Waals surface area contributed by atoms with Crippen molar-refractivity contribution in [2.75, 3.05) is 31.1 Å². The molecule has 4 aromatic rings. The molecule has 0 spiro atoms. The highest BCUT2D eigenvalue weighted by Gasteiger charge is 2.28. The number of piperazine rings is 1. The van der Waals surface area contributed by atoms with E-state index < -0.39 is 23.3 Å². The van der Waals surface area contributed by atoms with Crippen LogP contribution in [0, 0.1) is 11.8 Å². The monoisotopic (exact) mass is 599 g/mol. The highest BCUT2D eigenvalue weighted by atomic mass is 32.2. The van der Waals surface area contributed by atoms with E-state index in [1.54, 1.807) is 18.1 Å². The van der Waals surface area contributed by atoms with Gasteiger partial charge in [-0.3, -0.25) is 9.00 Å². The van der Waals surface area contributed by atoms with Gasteiger partial charge in [-0.25, -0.2) is 9.99 Å². The van der Waals surface area contributed by atoms with Gasteiger partial charge < -0.3 is 23.7 Å². The number of aliphatic carboxylic acids is 1. The number of aromatic nitrogens is 1. The molecule has 1 N–H and O–H groups in total. The minimum atomic E-state index is -2.55. The van der Waals surface area contributed by atoms with E-state index in [4.69, 9.17) is 14.3 Å². The highest BCUT2D eigenvalue weighted by molar-refractivity contribution is 7.76. The highest BCUT2D eigenvalue weighted by Crippen LogP contribution is 2.30. The molecule has 1 aromatic heterocycles. The van der Waals surface area contributed by atoms with E-state index in [9.17, 15) is 13.6 Å². The van der Waals surface area contributed by atoms with Gasteiger partial charge in [-0.05, 0) is 55.0 Å². The molecule has 0 bridgehead atoms. The fourth-order valence-electron chi connectivity index (χ4n) is 4.89. The zero-order valence-corrected chi connectivity index (χ0v) is 24.4. The predicted octanol–water partition coefficient (Wildman–Crippen LogP) is 4.32. The van der Waals surface area contributed by atoms with Gasteiger partial charge in [-0.15, -0.1) is 0 Å². The van der Waals surface area contributed by atoms with Crippen LogP contribution >= 0.6 is 0 Å². The van der Waals surface area contributed by atoms with Crippen LogP contribution < -0.4 is 9.64 Å². The second-order valence-corrected chi connectivity index (χ2v) is 10.8. The predicted molar refractivity (Wildman–Crippen MR) is 161 cm³/mol. The number of ether oxygens (including phenoxy) is 1. The Kier molecular flexibility index (Phi) is 9.86. The van der Waals surface area contributed by atoms with Crippen LogP contribution in [0.1, 0.15) is 30.0 Å². The molecule has 2 heterocycles. The number of carboxylic acids is 1. The smallest absolute Gasteiger partial charge is 0.305 e. The van der Waals surface area contributed by atoms with Crippen LogP contribution in [0.15, 0.2) is 89.7 Å².